The van der Waals surface area contributed by atoms with E-state index < -0.39 is 15.5 Å². The van der Waals surface area contributed by atoms with E-state index in [2.05, 4.69) is 12.1 Å². The van der Waals surface area contributed by atoms with Crippen molar-refractivity contribution in [3.05, 3.63) is 59.7 Å². The van der Waals surface area contributed by atoms with E-state index in [0.717, 1.165) is 22.3 Å². The standard InChI is InChI=1S/C18H16O2S/c1-12-17(19)10-11-21(20)18(12)15-8-4-2-6-13(15)14-7-3-5-9-16(14)18/h2-9,12H,10-11H2,1H3/t12-,21+/m0/s1. The van der Waals surface area contributed by atoms with Crippen LogP contribution >= 0.6 is 0 Å². The highest BCUT2D eigenvalue weighted by Crippen LogP contribution is 2.56. The molecule has 0 saturated carbocycles. The lowest BCUT2D eigenvalue weighted by atomic mass is 9.80. The summed E-state index contributed by atoms with van der Waals surface area (Å²) in [4.78, 5) is 12.4. The molecule has 0 N–H and O–H groups in total. The SMILES string of the molecule is C[C@H]1C(=O)CC[S@@](=O)C12c1ccccc1-c1ccccc12. The molecule has 2 aromatic rings. The van der Waals surface area contributed by atoms with Crippen LogP contribution in [-0.2, 0) is 20.3 Å². The van der Waals surface area contributed by atoms with Gasteiger partial charge in [0, 0.05) is 28.9 Å². The maximum absolute atomic E-state index is 13.1. The third-order valence-corrected chi connectivity index (χ3v) is 7.02. The molecule has 4 rings (SSSR count). The Kier molecular flexibility index (Phi) is 2.70. The lowest BCUT2D eigenvalue weighted by molar-refractivity contribution is -0.123. The van der Waals surface area contributed by atoms with Crippen molar-refractivity contribution >= 4 is 16.6 Å². The molecule has 2 aliphatic rings. The number of benzene rings is 2. The van der Waals surface area contributed by atoms with Crippen LogP contribution in [0.2, 0.25) is 0 Å². The number of rotatable bonds is 0. The molecule has 0 bridgehead atoms. The topological polar surface area (TPSA) is 34.1 Å². The van der Waals surface area contributed by atoms with E-state index >= 15 is 0 Å². The summed E-state index contributed by atoms with van der Waals surface area (Å²) in [7, 11) is -1.07. The summed E-state index contributed by atoms with van der Waals surface area (Å²) in [6.45, 7) is 1.94. The second kappa shape index (κ2) is 4.38. The smallest absolute Gasteiger partial charge is 0.138 e. The molecule has 21 heavy (non-hydrogen) atoms. The minimum atomic E-state index is -1.07. The summed E-state index contributed by atoms with van der Waals surface area (Å²) in [5, 5.41) is 0. The molecular weight excluding hydrogens is 280 g/mol. The molecule has 1 spiro atoms. The number of carbonyl (C=O) groups excluding carboxylic acids is 1. The van der Waals surface area contributed by atoms with Crippen LogP contribution in [0, 0.1) is 5.92 Å². The van der Waals surface area contributed by atoms with Gasteiger partial charge in [0.25, 0.3) is 0 Å². The molecule has 0 radical (unpaired) electrons. The quantitative estimate of drug-likeness (QED) is 0.748. The lowest BCUT2D eigenvalue weighted by Crippen LogP contribution is -2.47. The van der Waals surface area contributed by atoms with Gasteiger partial charge in [-0.05, 0) is 22.3 Å². The van der Waals surface area contributed by atoms with E-state index in [1.54, 1.807) is 0 Å². The number of fused-ring (bicyclic) bond motifs is 5. The minimum absolute atomic E-state index is 0.223. The molecule has 2 nitrogen and oxygen atoms in total. The van der Waals surface area contributed by atoms with Crippen molar-refractivity contribution in [2.45, 2.75) is 18.1 Å². The second-order valence-corrected chi connectivity index (χ2v) is 7.56. The van der Waals surface area contributed by atoms with Crippen LogP contribution in [0.1, 0.15) is 24.5 Å². The van der Waals surface area contributed by atoms with Gasteiger partial charge in [0.15, 0.2) is 0 Å². The van der Waals surface area contributed by atoms with Gasteiger partial charge < -0.3 is 0 Å². The third kappa shape index (κ3) is 1.47. The van der Waals surface area contributed by atoms with Gasteiger partial charge in [0.1, 0.15) is 10.5 Å². The zero-order valence-corrected chi connectivity index (χ0v) is 12.7. The van der Waals surface area contributed by atoms with Crippen molar-refractivity contribution in [3.63, 3.8) is 0 Å². The van der Waals surface area contributed by atoms with Gasteiger partial charge in [-0.15, -0.1) is 0 Å². The van der Waals surface area contributed by atoms with Crippen molar-refractivity contribution in [1.29, 1.82) is 0 Å². The van der Waals surface area contributed by atoms with Gasteiger partial charge in [-0.2, -0.15) is 0 Å². The Labute approximate surface area is 126 Å². The summed E-state index contributed by atoms with van der Waals surface area (Å²) in [5.74, 6) is 0.448. The largest absolute Gasteiger partial charge is 0.299 e. The average molecular weight is 296 g/mol. The predicted molar refractivity (Wildman–Crippen MR) is 84.5 cm³/mol. The van der Waals surface area contributed by atoms with Crippen molar-refractivity contribution in [2.24, 2.45) is 5.92 Å². The van der Waals surface area contributed by atoms with E-state index in [9.17, 15) is 9.00 Å². The molecule has 0 amide bonds. The van der Waals surface area contributed by atoms with E-state index in [1.165, 1.54) is 0 Å². The Hall–Kier alpha value is -1.74. The first-order chi connectivity index (χ1) is 10.2. The van der Waals surface area contributed by atoms with E-state index in [-0.39, 0.29) is 11.7 Å². The first-order valence-corrected chi connectivity index (χ1v) is 8.60. The molecule has 1 aliphatic carbocycles. The van der Waals surface area contributed by atoms with Gasteiger partial charge in [-0.3, -0.25) is 9.00 Å². The summed E-state index contributed by atoms with van der Waals surface area (Å²) < 4.78 is 12.4. The fourth-order valence-electron chi connectivity index (χ4n) is 3.94. The zero-order valence-electron chi connectivity index (χ0n) is 11.8. The van der Waals surface area contributed by atoms with Crippen LogP contribution in [0.25, 0.3) is 11.1 Å². The summed E-state index contributed by atoms with van der Waals surface area (Å²) in [6.07, 6.45) is 0.430. The molecule has 3 heteroatoms. The Morgan fingerprint density at radius 1 is 1.00 bits per heavy atom. The van der Waals surface area contributed by atoms with Crippen LogP contribution in [0.4, 0.5) is 0 Å². The van der Waals surface area contributed by atoms with Crippen LogP contribution in [0.15, 0.2) is 48.5 Å². The van der Waals surface area contributed by atoms with Gasteiger partial charge in [0.2, 0.25) is 0 Å². The van der Waals surface area contributed by atoms with Crippen molar-refractivity contribution in [2.75, 3.05) is 5.75 Å². The molecule has 0 aromatic heterocycles. The fraction of sp³-hybridized carbons (Fsp3) is 0.278. The number of Topliss-reactive ketones (excluding diaryl/α,β-unsaturated/α-hetero) is 1. The first-order valence-electron chi connectivity index (χ1n) is 7.28. The Bertz CT molecular complexity index is 733. The molecule has 1 aliphatic heterocycles. The summed E-state index contributed by atoms with van der Waals surface area (Å²) >= 11 is 0. The third-order valence-electron chi connectivity index (χ3n) is 4.93. The monoisotopic (exact) mass is 296 g/mol. The maximum atomic E-state index is 13.1. The van der Waals surface area contributed by atoms with E-state index in [4.69, 9.17) is 0 Å². The van der Waals surface area contributed by atoms with Gasteiger partial charge in [-0.25, -0.2) is 0 Å². The number of carbonyl (C=O) groups is 1. The second-order valence-electron chi connectivity index (χ2n) is 5.81. The van der Waals surface area contributed by atoms with Gasteiger partial charge in [0.05, 0.1) is 0 Å². The molecule has 1 heterocycles. The predicted octanol–water partition coefficient (Wildman–Crippen LogP) is 3.27. The highest BCUT2D eigenvalue weighted by Gasteiger charge is 2.55. The highest BCUT2D eigenvalue weighted by molar-refractivity contribution is 7.86. The van der Waals surface area contributed by atoms with Gasteiger partial charge in [-0.1, -0.05) is 55.5 Å². The van der Waals surface area contributed by atoms with Gasteiger partial charge >= 0.3 is 0 Å². The number of hydrogen-bond acceptors (Lipinski definition) is 2. The lowest BCUT2D eigenvalue weighted by Gasteiger charge is -2.39. The molecule has 106 valence electrons. The average Bonchev–Trinajstić information content (AvgIpc) is 2.82. The number of hydrogen-bond donors (Lipinski definition) is 0. The molecule has 0 unspecified atom stereocenters. The zero-order chi connectivity index (χ0) is 14.6. The van der Waals surface area contributed by atoms with Crippen LogP contribution in [0.5, 0.6) is 0 Å². The highest BCUT2D eigenvalue weighted by atomic mass is 32.2. The summed E-state index contributed by atoms with van der Waals surface area (Å²) in [5.41, 5.74) is 4.38. The van der Waals surface area contributed by atoms with E-state index in [0.29, 0.717) is 12.2 Å². The van der Waals surface area contributed by atoms with Crippen molar-refractivity contribution in [3.8, 4) is 11.1 Å². The Balaban J connectivity index is 2.13. The molecular formula is C18H16O2S. The van der Waals surface area contributed by atoms with Crippen LogP contribution in [-0.4, -0.2) is 15.7 Å². The Morgan fingerprint density at radius 2 is 1.52 bits per heavy atom. The number of ketones is 1. The van der Waals surface area contributed by atoms with Crippen molar-refractivity contribution < 1.29 is 9.00 Å². The van der Waals surface area contributed by atoms with Crippen molar-refractivity contribution in [1.82, 2.24) is 0 Å². The maximum Gasteiger partial charge on any atom is 0.138 e. The fourth-order valence-corrected chi connectivity index (χ4v) is 6.02. The molecule has 2 aromatic carbocycles. The summed E-state index contributed by atoms with van der Waals surface area (Å²) in [6, 6.07) is 16.2. The van der Waals surface area contributed by atoms with Crippen LogP contribution in [0.3, 0.4) is 0 Å². The van der Waals surface area contributed by atoms with E-state index in [1.807, 2.05) is 43.3 Å². The molecule has 1 fully saturated rings. The molecule has 1 saturated heterocycles. The Morgan fingerprint density at radius 3 is 2.10 bits per heavy atom. The normalized spacial score (nSPS) is 25.7. The first kappa shape index (κ1) is 13.0. The van der Waals surface area contributed by atoms with Crippen LogP contribution < -0.4 is 0 Å². The molecule has 2 atom stereocenters. The minimum Gasteiger partial charge on any atom is -0.299 e.